The second-order valence-electron chi connectivity index (χ2n) is 10.3. The van der Waals surface area contributed by atoms with Crippen molar-refractivity contribution >= 4 is 11.8 Å². The number of hydrogen-bond acceptors (Lipinski definition) is 6. The summed E-state index contributed by atoms with van der Waals surface area (Å²) < 4.78 is 17.3. The van der Waals surface area contributed by atoms with Gasteiger partial charge in [-0.2, -0.15) is 0 Å². The Morgan fingerprint density at radius 2 is 1.85 bits per heavy atom. The molecule has 0 spiro atoms. The zero-order valence-electron chi connectivity index (χ0n) is 21.8. The molecule has 1 aliphatic carbocycles. The van der Waals surface area contributed by atoms with Crippen molar-refractivity contribution in [1.29, 1.82) is 0 Å². The summed E-state index contributed by atoms with van der Waals surface area (Å²) in [5.74, 6) is -0.273. The van der Waals surface area contributed by atoms with Crippen molar-refractivity contribution in [2.45, 2.75) is 116 Å². The quantitative estimate of drug-likeness (QED) is 0.162. The van der Waals surface area contributed by atoms with Gasteiger partial charge in [-0.15, -0.1) is 0 Å². The lowest BCUT2D eigenvalue weighted by Gasteiger charge is -2.31. The van der Waals surface area contributed by atoms with Crippen molar-refractivity contribution in [2.24, 2.45) is 17.8 Å². The van der Waals surface area contributed by atoms with E-state index >= 15 is 0 Å². The summed E-state index contributed by atoms with van der Waals surface area (Å²) in [7, 11) is 0. The molecule has 1 saturated carbocycles. The maximum Gasteiger partial charge on any atom is 0.306 e. The lowest BCUT2D eigenvalue weighted by Crippen LogP contribution is -2.32. The third-order valence-corrected chi connectivity index (χ3v) is 7.24. The molecular formula is C28H48O6. The minimum absolute atomic E-state index is 0.0275. The highest BCUT2D eigenvalue weighted by molar-refractivity contribution is 5.84. The molecule has 0 bridgehead atoms. The zero-order valence-corrected chi connectivity index (χ0v) is 21.8. The lowest BCUT2D eigenvalue weighted by atomic mass is 9.82. The van der Waals surface area contributed by atoms with E-state index in [0.717, 1.165) is 38.5 Å². The number of unbranched alkanes of at least 4 members (excludes halogenated alkanes) is 5. The molecule has 1 aliphatic heterocycles. The van der Waals surface area contributed by atoms with Crippen LogP contribution in [-0.2, 0) is 23.8 Å². The first-order valence-electron chi connectivity index (χ1n) is 13.7. The molecule has 0 aromatic heterocycles. The summed E-state index contributed by atoms with van der Waals surface area (Å²) in [6, 6.07) is 0. The smallest absolute Gasteiger partial charge is 0.306 e. The van der Waals surface area contributed by atoms with Crippen LogP contribution in [0.15, 0.2) is 12.2 Å². The summed E-state index contributed by atoms with van der Waals surface area (Å²) in [5.41, 5.74) is 0. The van der Waals surface area contributed by atoms with Gasteiger partial charge in [0, 0.05) is 38.2 Å². The van der Waals surface area contributed by atoms with Gasteiger partial charge in [-0.3, -0.25) is 9.59 Å². The molecular weight excluding hydrogens is 432 g/mol. The van der Waals surface area contributed by atoms with Crippen LogP contribution in [0.4, 0.5) is 0 Å². The molecule has 3 atom stereocenters. The third-order valence-electron chi connectivity index (χ3n) is 7.24. The molecule has 2 rings (SSSR count). The van der Waals surface area contributed by atoms with Gasteiger partial charge in [0.15, 0.2) is 5.79 Å². The fraction of sp³-hybridized carbons (Fsp3) is 0.857. The Balaban J connectivity index is 1.83. The number of rotatable bonds is 17. The minimum Gasteiger partial charge on any atom is -0.463 e. The summed E-state index contributed by atoms with van der Waals surface area (Å²) in [5, 5.41) is 9.93. The first-order valence-corrected chi connectivity index (χ1v) is 13.7. The number of aliphatic hydroxyl groups excluding tert-OH is 1. The third kappa shape index (κ3) is 9.79. The SMILES string of the molecule is CCCCCCCC1(CC[C@@H]2C(C/C=C\CCCC(=O)OC(C)C)C(=O)C[C@H]2CO)OCCO1. The van der Waals surface area contributed by atoms with E-state index in [-0.39, 0.29) is 42.2 Å². The number of esters is 1. The number of allylic oxidation sites excluding steroid dienone is 2. The Morgan fingerprint density at radius 3 is 2.53 bits per heavy atom. The van der Waals surface area contributed by atoms with Crippen LogP contribution in [0.5, 0.6) is 0 Å². The van der Waals surface area contributed by atoms with E-state index in [1.165, 1.54) is 25.7 Å². The molecule has 0 radical (unpaired) electrons. The van der Waals surface area contributed by atoms with Gasteiger partial charge in [0.05, 0.1) is 19.3 Å². The molecule has 1 saturated heterocycles. The number of ketones is 1. The number of ether oxygens (including phenoxy) is 3. The predicted octanol–water partition coefficient (Wildman–Crippen LogP) is 5.75. The van der Waals surface area contributed by atoms with Crippen molar-refractivity contribution < 1.29 is 28.9 Å². The maximum absolute atomic E-state index is 12.7. The summed E-state index contributed by atoms with van der Waals surface area (Å²) >= 11 is 0. The Bertz CT molecular complexity index is 622. The van der Waals surface area contributed by atoms with Gasteiger partial charge in [0.25, 0.3) is 0 Å². The molecule has 0 aromatic carbocycles. The van der Waals surface area contributed by atoms with Crippen molar-refractivity contribution in [3.05, 3.63) is 12.2 Å². The van der Waals surface area contributed by atoms with E-state index < -0.39 is 5.79 Å². The number of hydrogen-bond donors (Lipinski definition) is 1. The molecule has 6 nitrogen and oxygen atoms in total. The molecule has 34 heavy (non-hydrogen) atoms. The molecule has 0 aromatic rings. The first-order chi connectivity index (χ1) is 16.4. The van der Waals surface area contributed by atoms with Gasteiger partial charge in [-0.05, 0) is 57.8 Å². The van der Waals surface area contributed by atoms with Gasteiger partial charge in [0.1, 0.15) is 5.78 Å². The number of aliphatic hydroxyl groups is 1. The molecule has 2 fully saturated rings. The second kappa shape index (κ2) is 15.7. The highest BCUT2D eigenvalue weighted by Gasteiger charge is 2.44. The van der Waals surface area contributed by atoms with Crippen LogP contribution in [-0.4, -0.2) is 48.6 Å². The van der Waals surface area contributed by atoms with Gasteiger partial charge in [-0.25, -0.2) is 0 Å². The Morgan fingerprint density at radius 1 is 1.12 bits per heavy atom. The molecule has 196 valence electrons. The monoisotopic (exact) mass is 480 g/mol. The van der Waals surface area contributed by atoms with Crippen molar-refractivity contribution in [3.8, 4) is 0 Å². The van der Waals surface area contributed by atoms with Crippen molar-refractivity contribution in [1.82, 2.24) is 0 Å². The largest absolute Gasteiger partial charge is 0.463 e. The first kappa shape index (κ1) is 29.0. The normalized spacial score (nSPS) is 24.5. The van der Waals surface area contributed by atoms with Crippen molar-refractivity contribution in [2.75, 3.05) is 19.8 Å². The standard InChI is InChI=1S/C28H48O6/c1-4-5-6-9-12-16-28(32-18-19-33-28)17-15-24-23(21-29)20-26(30)25(24)13-10-7-8-11-14-27(31)34-22(2)3/h7,10,22-25,29H,4-6,8-9,11-21H2,1-3H3/b10-7-/t23-,24-,25?/m0/s1. The topological polar surface area (TPSA) is 82.1 Å². The van der Waals surface area contributed by atoms with E-state index in [4.69, 9.17) is 14.2 Å². The van der Waals surface area contributed by atoms with E-state index in [2.05, 4.69) is 19.1 Å². The maximum atomic E-state index is 12.7. The van der Waals surface area contributed by atoms with Crippen LogP contribution in [0.3, 0.4) is 0 Å². The summed E-state index contributed by atoms with van der Waals surface area (Å²) in [4.78, 5) is 24.4. The van der Waals surface area contributed by atoms with Crippen LogP contribution in [0, 0.1) is 17.8 Å². The van der Waals surface area contributed by atoms with Crippen LogP contribution in [0.2, 0.25) is 0 Å². The Hall–Kier alpha value is -1.24. The van der Waals surface area contributed by atoms with Crippen LogP contribution in [0.25, 0.3) is 0 Å². The fourth-order valence-electron chi connectivity index (χ4n) is 5.41. The van der Waals surface area contributed by atoms with Gasteiger partial charge < -0.3 is 19.3 Å². The van der Waals surface area contributed by atoms with E-state index in [1.54, 1.807) is 0 Å². The van der Waals surface area contributed by atoms with Crippen molar-refractivity contribution in [3.63, 3.8) is 0 Å². The number of carbonyl (C=O) groups excluding carboxylic acids is 2. The van der Waals surface area contributed by atoms with E-state index in [1.807, 2.05) is 13.8 Å². The highest BCUT2D eigenvalue weighted by atomic mass is 16.7. The second-order valence-corrected chi connectivity index (χ2v) is 10.3. The van der Waals surface area contributed by atoms with Gasteiger partial charge >= 0.3 is 5.97 Å². The van der Waals surface area contributed by atoms with Gasteiger partial charge in [0.2, 0.25) is 0 Å². The number of carbonyl (C=O) groups is 2. The zero-order chi connectivity index (χ0) is 24.8. The van der Waals surface area contributed by atoms with E-state index in [0.29, 0.717) is 32.5 Å². The average Bonchev–Trinajstić information content (AvgIpc) is 3.38. The molecule has 6 heteroatoms. The molecule has 1 unspecified atom stereocenters. The minimum atomic E-state index is -0.511. The predicted molar refractivity (Wildman–Crippen MR) is 133 cm³/mol. The summed E-state index contributed by atoms with van der Waals surface area (Å²) in [6.45, 7) is 7.26. The Kier molecular flexibility index (Phi) is 13.4. The average molecular weight is 481 g/mol. The van der Waals surface area contributed by atoms with Crippen LogP contribution in [0.1, 0.15) is 104 Å². The van der Waals surface area contributed by atoms with Crippen LogP contribution < -0.4 is 0 Å². The molecule has 1 N–H and O–H groups in total. The van der Waals surface area contributed by atoms with Crippen LogP contribution >= 0.6 is 0 Å². The van der Waals surface area contributed by atoms with Gasteiger partial charge in [-0.1, -0.05) is 44.8 Å². The molecule has 0 amide bonds. The lowest BCUT2D eigenvalue weighted by molar-refractivity contribution is -0.171. The molecule has 2 aliphatic rings. The highest BCUT2D eigenvalue weighted by Crippen LogP contribution is 2.42. The van der Waals surface area contributed by atoms with E-state index in [9.17, 15) is 14.7 Å². The molecule has 1 heterocycles. The Labute approximate surface area is 206 Å². The fourth-order valence-corrected chi connectivity index (χ4v) is 5.41. The summed E-state index contributed by atoms with van der Waals surface area (Å²) in [6.07, 6.45) is 15.8. The number of Topliss-reactive ketones (excluding diaryl/α,β-unsaturated/α-hetero) is 1.